The van der Waals surface area contributed by atoms with Gasteiger partial charge in [-0.1, -0.05) is 30.4 Å². The second-order valence-corrected chi connectivity index (χ2v) is 7.87. The fraction of sp³-hybridized carbons (Fsp3) is 0.421. The average molecular weight is 369 g/mol. The maximum absolute atomic E-state index is 12.8. The van der Waals surface area contributed by atoms with Crippen LogP contribution in [0.25, 0.3) is 11.0 Å². The summed E-state index contributed by atoms with van der Waals surface area (Å²) in [5.74, 6) is 1.47. The predicted molar refractivity (Wildman–Crippen MR) is 105 cm³/mol. The van der Waals surface area contributed by atoms with E-state index in [9.17, 15) is 4.79 Å². The Morgan fingerprint density at radius 3 is 2.81 bits per heavy atom. The topological polar surface area (TPSA) is 87.9 Å². The number of hydrogen-bond acceptors (Lipinski definition) is 5. The van der Waals surface area contributed by atoms with Crippen LogP contribution in [0.4, 0.5) is 5.13 Å². The molecule has 0 aliphatic carbocycles. The van der Waals surface area contributed by atoms with E-state index in [4.69, 9.17) is 10.7 Å². The molecule has 136 valence electrons. The minimum atomic E-state index is 0.0648. The van der Waals surface area contributed by atoms with Crippen molar-refractivity contribution < 1.29 is 4.79 Å². The summed E-state index contributed by atoms with van der Waals surface area (Å²) in [4.78, 5) is 28.0. The molecule has 6 nitrogen and oxygen atoms in total. The Bertz CT molecular complexity index is 952. The van der Waals surface area contributed by atoms with Crippen molar-refractivity contribution in [3.05, 3.63) is 40.2 Å². The van der Waals surface area contributed by atoms with Gasteiger partial charge in [-0.15, -0.1) is 0 Å². The highest BCUT2D eigenvalue weighted by Gasteiger charge is 2.28. The van der Waals surface area contributed by atoms with E-state index in [1.165, 1.54) is 16.9 Å². The van der Waals surface area contributed by atoms with Crippen molar-refractivity contribution in [3.8, 4) is 0 Å². The molecule has 26 heavy (non-hydrogen) atoms. The van der Waals surface area contributed by atoms with Gasteiger partial charge in [0.2, 0.25) is 0 Å². The number of carbonyl (C=O) groups is 1. The molecule has 1 amide bonds. The minimum Gasteiger partial charge on any atom is -0.375 e. The van der Waals surface area contributed by atoms with E-state index in [0.29, 0.717) is 15.9 Å². The van der Waals surface area contributed by atoms with Gasteiger partial charge in [-0.2, -0.15) is 0 Å². The van der Waals surface area contributed by atoms with E-state index in [1.807, 2.05) is 17.9 Å². The third kappa shape index (κ3) is 2.96. The Morgan fingerprint density at radius 1 is 1.35 bits per heavy atom. The summed E-state index contributed by atoms with van der Waals surface area (Å²) in [7, 11) is 0. The van der Waals surface area contributed by atoms with E-state index in [-0.39, 0.29) is 5.91 Å². The van der Waals surface area contributed by atoms with Crippen LogP contribution in [0.15, 0.2) is 18.2 Å². The number of aryl methyl sites for hydroxylation is 2. The van der Waals surface area contributed by atoms with Crippen molar-refractivity contribution in [2.24, 2.45) is 0 Å². The van der Waals surface area contributed by atoms with Gasteiger partial charge in [0.05, 0.1) is 16.7 Å². The van der Waals surface area contributed by atoms with E-state index in [0.717, 1.165) is 54.9 Å². The number of imidazole rings is 1. The number of aromatic nitrogens is 3. The molecule has 0 atom stereocenters. The van der Waals surface area contributed by atoms with Crippen LogP contribution in [-0.4, -0.2) is 38.8 Å². The molecular weight excluding hydrogens is 346 g/mol. The molecule has 3 N–H and O–H groups in total. The molecule has 3 heterocycles. The first-order valence-electron chi connectivity index (χ1n) is 9.06. The molecular formula is C19H23N5OS. The first-order valence-corrected chi connectivity index (χ1v) is 9.88. The number of benzene rings is 1. The lowest BCUT2D eigenvalue weighted by Gasteiger charge is -2.31. The maximum atomic E-state index is 12.8. The fourth-order valence-electron chi connectivity index (χ4n) is 3.66. The molecule has 0 saturated carbocycles. The van der Waals surface area contributed by atoms with Crippen LogP contribution in [0.2, 0.25) is 0 Å². The average Bonchev–Trinajstić information content (AvgIpc) is 3.25. The van der Waals surface area contributed by atoms with Crippen LogP contribution >= 0.6 is 11.3 Å². The number of rotatable bonds is 3. The lowest BCUT2D eigenvalue weighted by Crippen LogP contribution is -2.38. The summed E-state index contributed by atoms with van der Waals surface area (Å²) in [5, 5.41) is 0.470. The highest BCUT2D eigenvalue weighted by atomic mass is 32.1. The molecule has 1 aromatic carbocycles. The van der Waals surface area contributed by atoms with E-state index >= 15 is 0 Å². The van der Waals surface area contributed by atoms with Gasteiger partial charge in [-0.3, -0.25) is 4.79 Å². The smallest absolute Gasteiger partial charge is 0.265 e. The number of amides is 1. The van der Waals surface area contributed by atoms with Crippen molar-refractivity contribution in [1.82, 2.24) is 19.9 Å². The van der Waals surface area contributed by atoms with E-state index < -0.39 is 0 Å². The van der Waals surface area contributed by atoms with Gasteiger partial charge in [0.15, 0.2) is 5.13 Å². The zero-order valence-corrected chi connectivity index (χ0v) is 15.9. The summed E-state index contributed by atoms with van der Waals surface area (Å²) in [6.07, 6.45) is 2.56. The highest BCUT2D eigenvalue weighted by molar-refractivity contribution is 7.17. The van der Waals surface area contributed by atoms with E-state index in [2.05, 4.69) is 29.0 Å². The number of nitrogens with zero attached hydrogens (tertiary/aromatic N) is 3. The SMILES string of the molecule is CCc1nc(N)sc1C(=O)N1CCC(c2nc3c(C)cccc3[nH]2)CC1. The number of nitrogens with two attached hydrogens (primary N) is 1. The molecule has 3 aromatic rings. The molecule has 0 bridgehead atoms. The summed E-state index contributed by atoms with van der Waals surface area (Å²) in [5.41, 5.74) is 9.93. The minimum absolute atomic E-state index is 0.0648. The zero-order chi connectivity index (χ0) is 18.3. The molecule has 1 fully saturated rings. The third-order valence-corrected chi connectivity index (χ3v) is 6.06. The molecule has 2 aromatic heterocycles. The van der Waals surface area contributed by atoms with Crippen molar-refractivity contribution in [3.63, 3.8) is 0 Å². The van der Waals surface area contributed by atoms with Crippen molar-refractivity contribution in [2.45, 2.75) is 39.0 Å². The normalized spacial score (nSPS) is 15.7. The van der Waals surface area contributed by atoms with Crippen LogP contribution in [-0.2, 0) is 6.42 Å². The van der Waals surface area contributed by atoms with Gasteiger partial charge in [0, 0.05) is 19.0 Å². The van der Waals surface area contributed by atoms with Crippen molar-refractivity contribution >= 4 is 33.4 Å². The number of piperidine rings is 1. The van der Waals surface area contributed by atoms with Crippen LogP contribution in [0.5, 0.6) is 0 Å². The number of thiazole rings is 1. The van der Waals surface area contributed by atoms with Crippen LogP contribution in [0, 0.1) is 6.92 Å². The lowest BCUT2D eigenvalue weighted by molar-refractivity contribution is 0.0715. The van der Waals surface area contributed by atoms with Gasteiger partial charge >= 0.3 is 0 Å². The molecule has 1 aliphatic rings. The first kappa shape index (κ1) is 17.0. The summed E-state index contributed by atoms with van der Waals surface area (Å²) >= 11 is 1.30. The summed E-state index contributed by atoms with van der Waals surface area (Å²) in [6, 6.07) is 6.20. The summed E-state index contributed by atoms with van der Waals surface area (Å²) < 4.78 is 0. The Kier molecular flexibility index (Phi) is 4.40. The van der Waals surface area contributed by atoms with Crippen LogP contribution in [0.1, 0.15) is 52.4 Å². The zero-order valence-electron chi connectivity index (χ0n) is 15.1. The molecule has 7 heteroatoms. The number of nitrogens with one attached hydrogen (secondary N) is 1. The van der Waals surface area contributed by atoms with Crippen LogP contribution in [0.3, 0.4) is 0 Å². The van der Waals surface area contributed by atoms with Gasteiger partial charge in [0.25, 0.3) is 5.91 Å². The number of likely N-dealkylation sites (tertiary alicyclic amines) is 1. The van der Waals surface area contributed by atoms with Gasteiger partial charge in [-0.05, 0) is 37.8 Å². The Balaban J connectivity index is 1.48. The molecule has 1 aliphatic heterocycles. The van der Waals surface area contributed by atoms with Gasteiger partial charge < -0.3 is 15.6 Å². The largest absolute Gasteiger partial charge is 0.375 e. The quantitative estimate of drug-likeness (QED) is 0.740. The first-order chi connectivity index (χ1) is 12.6. The standard InChI is InChI=1S/C19H23N5OS/c1-3-13-16(26-19(20)22-13)18(25)24-9-7-12(8-10-24)17-21-14-6-4-5-11(2)15(14)23-17/h4-6,12H,3,7-10H2,1-2H3,(H2,20,22)(H,21,23). The molecule has 1 saturated heterocycles. The Morgan fingerprint density at radius 2 is 2.12 bits per heavy atom. The lowest BCUT2D eigenvalue weighted by atomic mass is 9.96. The Hall–Kier alpha value is -2.41. The van der Waals surface area contributed by atoms with Crippen molar-refractivity contribution in [1.29, 1.82) is 0 Å². The monoisotopic (exact) mass is 369 g/mol. The maximum Gasteiger partial charge on any atom is 0.265 e. The molecule has 0 radical (unpaired) electrons. The number of H-pyrrole nitrogens is 1. The molecule has 0 spiro atoms. The molecule has 0 unspecified atom stereocenters. The van der Waals surface area contributed by atoms with E-state index in [1.54, 1.807) is 0 Å². The highest BCUT2D eigenvalue weighted by Crippen LogP contribution is 2.30. The second-order valence-electron chi connectivity index (χ2n) is 6.84. The van der Waals surface area contributed by atoms with Crippen LogP contribution < -0.4 is 5.73 Å². The number of hydrogen-bond donors (Lipinski definition) is 2. The number of carbonyl (C=O) groups excluding carboxylic acids is 1. The number of fused-ring (bicyclic) bond motifs is 1. The van der Waals surface area contributed by atoms with Gasteiger partial charge in [-0.25, -0.2) is 9.97 Å². The predicted octanol–water partition coefficient (Wildman–Crippen LogP) is 3.49. The third-order valence-electron chi connectivity index (χ3n) is 5.14. The molecule has 4 rings (SSSR count). The number of nitrogen functional groups attached to an aromatic ring is 1. The van der Waals surface area contributed by atoms with Gasteiger partial charge in [0.1, 0.15) is 10.7 Å². The fourth-order valence-corrected chi connectivity index (χ4v) is 4.55. The van der Waals surface area contributed by atoms with Crippen molar-refractivity contribution in [2.75, 3.05) is 18.8 Å². The number of anilines is 1. The summed E-state index contributed by atoms with van der Waals surface area (Å²) in [6.45, 7) is 5.56. The number of para-hydroxylation sites is 1. The number of aromatic amines is 1. The second kappa shape index (κ2) is 6.72. The Labute approximate surface area is 156 Å².